The normalized spacial score (nSPS) is 10.6. The second kappa shape index (κ2) is 9.75. The minimum Gasteiger partial charge on any atom is -0.493 e. The number of amides is 1. The zero-order valence-electron chi connectivity index (χ0n) is 16.8. The first kappa shape index (κ1) is 20.4. The van der Waals surface area contributed by atoms with Crippen LogP contribution in [0.3, 0.4) is 0 Å². The fourth-order valence-electron chi connectivity index (χ4n) is 2.99. The molecule has 0 bridgehead atoms. The van der Waals surface area contributed by atoms with Crippen molar-refractivity contribution in [2.75, 3.05) is 34.0 Å². The Bertz CT molecular complexity index is 968. The molecule has 0 unspecified atom stereocenters. The van der Waals surface area contributed by atoms with Crippen molar-refractivity contribution in [3.63, 3.8) is 0 Å². The van der Waals surface area contributed by atoms with E-state index in [-0.39, 0.29) is 5.91 Å². The van der Waals surface area contributed by atoms with Gasteiger partial charge in [0.2, 0.25) is 0 Å². The van der Waals surface area contributed by atoms with Gasteiger partial charge in [-0.2, -0.15) is 0 Å². The molecule has 1 aromatic heterocycles. The summed E-state index contributed by atoms with van der Waals surface area (Å²) in [6, 6.07) is 13.6. The van der Waals surface area contributed by atoms with Gasteiger partial charge in [0.1, 0.15) is 5.69 Å². The van der Waals surface area contributed by atoms with Crippen LogP contribution in [0.15, 0.2) is 55.0 Å². The smallest absolute Gasteiger partial charge is 0.270 e. The average Bonchev–Trinajstić information content (AvgIpc) is 3.26. The highest BCUT2D eigenvalue weighted by atomic mass is 16.5. The van der Waals surface area contributed by atoms with Gasteiger partial charge in [0.15, 0.2) is 11.5 Å². The van der Waals surface area contributed by atoms with Gasteiger partial charge >= 0.3 is 0 Å². The lowest BCUT2D eigenvalue weighted by Gasteiger charge is -2.12. The van der Waals surface area contributed by atoms with Gasteiger partial charge in [-0.05, 0) is 42.3 Å². The largest absolute Gasteiger partial charge is 0.493 e. The van der Waals surface area contributed by atoms with Gasteiger partial charge in [0, 0.05) is 18.8 Å². The first-order valence-electron chi connectivity index (χ1n) is 9.39. The number of nitrogens with one attached hydrogen (secondary N) is 1. The lowest BCUT2D eigenvalue weighted by molar-refractivity contribution is 0.0916. The lowest BCUT2D eigenvalue weighted by Crippen LogP contribution is -2.28. The van der Waals surface area contributed by atoms with E-state index in [4.69, 9.17) is 14.2 Å². The lowest BCUT2D eigenvalue weighted by atomic mass is 10.0. The van der Waals surface area contributed by atoms with E-state index in [1.54, 1.807) is 31.3 Å². The standard InChI is InChI=1S/C22H25N3O4/c1-4-29-11-10-24-22(26)19-14-23-15-25(19)18-7-5-6-16(12-18)17-8-9-20(27-2)21(13-17)28-3/h5-9,12-15H,4,10-11H2,1-3H3,(H,24,26). The third-order valence-electron chi connectivity index (χ3n) is 4.45. The third-order valence-corrected chi connectivity index (χ3v) is 4.45. The van der Waals surface area contributed by atoms with Crippen molar-refractivity contribution in [1.29, 1.82) is 0 Å². The van der Waals surface area contributed by atoms with Crippen LogP contribution < -0.4 is 14.8 Å². The summed E-state index contributed by atoms with van der Waals surface area (Å²) in [6.07, 6.45) is 3.18. The molecule has 1 amide bonds. The summed E-state index contributed by atoms with van der Waals surface area (Å²) in [7, 11) is 3.22. The topological polar surface area (TPSA) is 74.6 Å². The number of rotatable bonds is 9. The van der Waals surface area contributed by atoms with Crippen molar-refractivity contribution >= 4 is 5.91 Å². The SMILES string of the molecule is CCOCCNC(=O)c1cncn1-c1cccc(-c2ccc(OC)c(OC)c2)c1. The summed E-state index contributed by atoms with van der Waals surface area (Å²) in [6.45, 7) is 3.47. The maximum atomic E-state index is 12.5. The predicted octanol–water partition coefficient (Wildman–Crippen LogP) is 3.32. The maximum Gasteiger partial charge on any atom is 0.270 e. The van der Waals surface area contributed by atoms with E-state index >= 15 is 0 Å². The summed E-state index contributed by atoms with van der Waals surface area (Å²) in [5.74, 6) is 1.14. The molecular weight excluding hydrogens is 370 g/mol. The van der Waals surface area contributed by atoms with Crippen molar-refractivity contribution in [1.82, 2.24) is 14.9 Å². The number of benzene rings is 2. The Morgan fingerprint density at radius 1 is 1.07 bits per heavy atom. The van der Waals surface area contributed by atoms with Gasteiger partial charge < -0.3 is 19.5 Å². The molecule has 1 N–H and O–H groups in total. The van der Waals surface area contributed by atoms with Gasteiger partial charge in [0.05, 0.1) is 33.4 Å². The highest BCUT2D eigenvalue weighted by Gasteiger charge is 2.13. The Balaban J connectivity index is 1.86. The Kier molecular flexibility index (Phi) is 6.86. The van der Waals surface area contributed by atoms with Gasteiger partial charge in [-0.1, -0.05) is 18.2 Å². The zero-order valence-corrected chi connectivity index (χ0v) is 16.8. The number of methoxy groups -OCH3 is 2. The fourth-order valence-corrected chi connectivity index (χ4v) is 2.99. The first-order chi connectivity index (χ1) is 14.2. The maximum absolute atomic E-state index is 12.5. The van der Waals surface area contributed by atoms with Crippen molar-refractivity contribution in [2.24, 2.45) is 0 Å². The Morgan fingerprint density at radius 2 is 1.86 bits per heavy atom. The summed E-state index contributed by atoms with van der Waals surface area (Å²) >= 11 is 0. The number of nitrogens with zero attached hydrogens (tertiary/aromatic N) is 2. The molecule has 0 aliphatic rings. The Morgan fingerprint density at radius 3 is 2.62 bits per heavy atom. The van der Waals surface area contributed by atoms with E-state index in [1.165, 1.54) is 0 Å². The molecule has 3 rings (SSSR count). The van der Waals surface area contributed by atoms with Gasteiger partial charge in [-0.15, -0.1) is 0 Å². The zero-order chi connectivity index (χ0) is 20.6. The molecule has 7 nitrogen and oxygen atoms in total. The minimum atomic E-state index is -0.196. The molecule has 0 saturated carbocycles. The van der Waals surface area contributed by atoms with Crippen LogP contribution >= 0.6 is 0 Å². The summed E-state index contributed by atoms with van der Waals surface area (Å²) in [5.41, 5.74) is 3.27. The number of carbonyl (C=O) groups is 1. The highest BCUT2D eigenvalue weighted by molar-refractivity contribution is 5.93. The van der Waals surface area contributed by atoms with E-state index in [0.29, 0.717) is 37.0 Å². The molecule has 1 heterocycles. The number of hydrogen-bond donors (Lipinski definition) is 1. The molecule has 0 saturated heterocycles. The minimum absolute atomic E-state index is 0.196. The van der Waals surface area contributed by atoms with E-state index < -0.39 is 0 Å². The van der Waals surface area contributed by atoms with Crippen LogP contribution in [0.1, 0.15) is 17.4 Å². The molecule has 2 aromatic carbocycles. The second-order valence-corrected chi connectivity index (χ2v) is 6.22. The van der Waals surface area contributed by atoms with E-state index in [9.17, 15) is 4.79 Å². The van der Waals surface area contributed by atoms with Crippen molar-refractivity contribution in [2.45, 2.75) is 6.92 Å². The van der Waals surface area contributed by atoms with Crippen LogP contribution in [0.4, 0.5) is 0 Å². The fraction of sp³-hybridized carbons (Fsp3) is 0.273. The molecule has 0 atom stereocenters. The van der Waals surface area contributed by atoms with E-state index in [1.807, 2.05) is 49.4 Å². The highest BCUT2D eigenvalue weighted by Crippen LogP contribution is 2.33. The molecule has 0 aliphatic heterocycles. The van der Waals surface area contributed by atoms with Crippen LogP contribution in [0.25, 0.3) is 16.8 Å². The van der Waals surface area contributed by atoms with Crippen LogP contribution in [0.2, 0.25) is 0 Å². The van der Waals surface area contributed by atoms with Crippen LogP contribution in [-0.2, 0) is 4.74 Å². The van der Waals surface area contributed by atoms with Crippen LogP contribution in [-0.4, -0.2) is 49.4 Å². The van der Waals surface area contributed by atoms with Crippen LogP contribution in [0.5, 0.6) is 11.5 Å². The molecular formula is C22H25N3O4. The van der Waals surface area contributed by atoms with Crippen molar-refractivity contribution in [3.05, 3.63) is 60.7 Å². The molecule has 3 aromatic rings. The summed E-state index contributed by atoms with van der Waals surface area (Å²) < 4.78 is 17.7. The van der Waals surface area contributed by atoms with Crippen LogP contribution in [0, 0.1) is 0 Å². The molecule has 7 heteroatoms. The summed E-state index contributed by atoms with van der Waals surface area (Å²) in [5, 5.41) is 2.85. The number of ether oxygens (including phenoxy) is 3. The Hall–Kier alpha value is -3.32. The quantitative estimate of drug-likeness (QED) is 0.563. The molecule has 0 fully saturated rings. The average molecular weight is 395 g/mol. The summed E-state index contributed by atoms with van der Waals surface area (Å²) in [4.78, 5) is 16.7. The van der Waals surface area contributed by atoms with E-state index in [2.05, 4.69) is 10.3 Å². The third kappa shape index (κ3) is 4.75. The van der Waals surface area contributed by atoms with Gasteiger partial charge in [0.25, 0.3) is 5.91 Å². The number of hydrogen-bond acceptors (Lipinski definition) is 5. The number of imidazole rings is 1. The first-order valence-corrected chi connectivity index (χ1v) is 9.39. The van der Waals surface area contributed by atoms with Gasteiger partial charge in [-0.3, -0.25) is 9.36 Å². The van der Waals surface area contributed by atoms with Crippen molar-refractivity contribution in [3.8, 4) is 28.3 Å². The van der Waals surface area contributed by atoms with E-state index in [0.717, 1.165) is 16.8 Å². The molecule has 29 heavy (non-hydrogen) atoms. The molecule has 152 valence electrons. The number of aromatic nitrogens is 2. The second-order valence-electron chi connectivity index (χ2n) is 6.22. The Labute approximate surface area is 170 Å². The molecule has 0 radical (unpaired) electrons. The van der Waals surface area contributed by atoms with Crippen molar-refractivity contribution < 1.29 is 19.0 Å². The molecule has 0 spiro atoms. The number of carbonyl (C=O) groups excluding carboxylic acids is 1. The monoisotopic (exact) mass is 395 g/mol. The van der Waals surface area contributed by atoms with Gasteiger partial charge in [-0.25, -0.2) is 4.98 Å². The predicted molar refractivity (Wildman–Crippen MR) is 111 cm³/mol. The molecule has 0 aliphatic carbocycles.